The Kier molecular flexibility index (Phi) is 5.25. The van der Waals surface area contributed by atoms with Crippen LogP contribution in [0.2, 0.25) is 0 Å². The maximum Gasteiger partial charge on any atom is 0.335 e. The molecule has 0 saturated carbocycles. The summed E-state index contributed by atoms with van der Waals surface area (Å²) < 4.78 is 0. The predicted octanol–water partition coefficient (Wildman–Crippen LogP) is 1.03. The molecule has 0 aromatic heterocycles. The van der Waals surface area contributed by atoms with Gasteiger partial charge < -0.3 is 15.7 Å². The topological polar surface area (TPSA) is 95.5 Å². The average Bonchev–Trinajstić information content (AvgIpc) is 2.37. The Morgan fingerprint density at radius 2 is 1.45 bits per heavy atom. The minimum atomic E-state index is -1.05. The van der Waals surface area contributed by atoms with Crippen molar-refractivity contribution in [2.45, 2.75) is 32.9 Å². The molecule has 1 aromatic carbocycles. The molecule has 0 fully saturated rings. The van der Waals surface area contributed by atoms with Crippen molar-refractivity contribution in [1.29, 1.82) is 0 Å². The molecule has 1 rings (SSSR count). The van der Waals surface area contributed by atoms with Crippen LogP contribution in [0.15, 0.2) is 24.3 Å². The molecule has 20 heavy (non-hydrogen) atoms. The standard InChI is InChI=1S/C14H18N2O4/c1-8(2)15-12(17)9(3)16-13(18)10-4-6-11(7-5-10)14(19)20/h4-9H,1-3H3,(H,15,17)(H,16,18)(H,19,20). The van der Waals surface area contributed by atoms with Crippen LogP contribution in [0.1, 0.15) is 41.5 Å². The summed E-state index contributed by atoms with van der Waals surface area (Å²) in [6.45, 7) is 5.25. The van der Waals surface area contributed by atoms with Crippen molar-refractivity contribution in [2.75, 3.05) is 0 Å². The van der Waals surface area contributed by atoms with Gasteiger partial charge in [0.2, 0.25) is 5.91 Å². The van der Waals surface area contributed by atoms with Gasteiger partial charge in [0.1, 0.15) is 6.04 Å². The van der Waals surface area contributed by atoms with Gasteiger partial charge in [0.15, 0.2) is 0 Å². The highest BCUT2D eigenvalue weighted by atomic mass is 16.4. The molecule has 6 heteroatoms. The van der Waals surface area contributed by atoms with E-state index in [1.165, 1.54) is 24.3 Å². The van der Waals surface area contributed by atoms with Crippen LogP contribution in [0.5, 0.6) is 0 Å². The van der Waals surface area contributed by atoms with Crippen LogP contribution in [-0.2, 0) is 4.79 Å². The SMILES string of the molecule is CC(C)NC(=O)C(C)NC(=O)c1ccc(C(=O)O)cc1. The van der Waals surface area contributed by atoms with E-state index < -0.39 is 17.9 Å². The fourth-order valence-electron chi connectivity index (χ4n) is 1.52. The van der Waals surface area contributed by atoms with E-state index in [9.17, 15) is 14.4 Å². The fourth-order valence-corrected chi connectivity index (χ4v) is 1.52. The quantitative estimate of drug-likeness (QED) is 0.749. The summed E-state index contributed by atoms with van der Waals surface area (Å²) >= 11 is 0. The van der Waals surface area contributed by atoms with Crippen molar-refractivity contribution in [3.8, 4) is 0 Å². The number of rotatable bonds is 5. The second kappa shape index (κ2) is 6.70. The minimum Gasteiger partial charge on any atom is -0.478 e. The number of hydrogen-bond donors (Lipinski definition) is 3. The summed E-state index contributed by atoms with van der Waals surface area (Å²) in [6.07, 6.45) is 0. The number of carboxylic acids is 1. The maximum atomic E-state index is 11.9. The molecule has 1 unspecified atom stereocenters. The molecule has 6 nitrogen and oxygen atoms in total. The van der Waals surface area contributed by atoms with Gasteiger partial charge in [-0.1, -0.05) is 0 Å². The molecular weight excluding hydrogens is 260 g/mol. The summed E-state index contributed by atoms with van der Waals surface area (Å²) in [5.41, 5.74) is 0.409. The van der Waals surface area contributed by atoms with Crippen molar-refractivity contribution in [2.24, 2.45) is 0 Å². The zero-order chi connectivity index (χ0) is 15.3. The van der Waals surface area contributed by atoms with Crippen LogP contribution in [-0.4, -0.2) is 35.0 Å². The molecule has 0 spiro atoms. The van der Waals surface area contributed by atoms with Gasteiger partial charge >= 0.3 is 5.97 Å². The molecule has 2 amide bonds. The largest absolute Gasteiger partial charge is 0.478 e. The molecule has 0 aliphatic carbocycles. The monoisotopic (exact) mass is 278 g/mol. The number of amides is 2. The van der Waals surface area contributed by atoms with Crippen molar-refractivity contribution >= 4 is 17.8 Å². The zero-order valence-corrected chi connectivity index (χ0v) is 11.6. The van der Waals surface area contributed by atoms with Gasteiger partial charge in [0, 0.05) is 11.6 Å². The zero-order valence-electron chi connectivity index (χ0n) is 11.6. The van der Waals surface area contributed by atoms with E-state index in [4.69, 9.17) is 5.11 Å². The van der Waals surface area contributed by atoms with Crippen LogP contribution in [0.4, 0.5) is 0 Å². The lowest BCUT2D eigenvalue weighted by atomic mass is 10.1. The lowest BCUT2D eigenvalue weighted by Crippen LogP contribution is -2.46. The van der Waals surface area contributed by atoms with E-state index in [1.54, 1.807) is 6.92 Å². The second-order valence-corrected chi connectivity index (χ2v) is 4.74. The van der Waals surface area contributed by atoms with Crippen molar-refractivity contribution in [1.82, 2.24) is 10.6 Å². The van der Waals surface area contributed by atoms with Gasteiger partial charge in [-0.2, -0.15) is 0 Å². The van der Waals surface area contributed by atoms with Gasteiger partial charge in [-0.05, 0) is 45.0 Å². The van der Waals surface area contributed by atoms with Gasteiger partial charge in [-0.25, -0.2) is 4.79 Å². The highest BCUT2D eigenvalue weighted by Crippen LogP contribution is 2.05. The molecular formula is C14H18N2O4. The summed E-state index contributed by atoms with van der Waals surface area (Å²) in [7, 11) is 0. The first-order chi connectivity index (χ1) is 9.31. The van der Waals surface area contributed by atoms with Gasteiger partial charge in [-0.3, -0.25) is 9.59 Å². The number of carbonyl (C=O) groups is 3. The van der Waals surface area contributed by atoms with Crippen LogP contribution in [0.3, 0.4) is 0 Å². The summed E-state index contributed by atoms with van der Waals surface area (Å²) in [5, 5.41) is 14.0. The van der Waals surface area contributed by atoms with Crippen LogP contribution >= 0.6 is 0 Å². The Labute approximate surface area is 117 Å². The number of nitrogens with one attached hydrogen (secondary N) is 2. The Morgan fingerprint density at radius 3 is 1.90 bits per heavy atom. The molecule has 108 valence electrons. The lowest BCUT2D eigenvalue weighted by molar-refractivity contribution is -0.123. The summed E-state index contributed by atoms with van der Waals surface area (Å²) in [5.74, 6) is -1.74. The van der Waals surface area contributed by atoms with E-state index >= 15 is 0 Å². The van der Waals surface area contributed by atoms with Crippen molar-refractivity contribution < 1.29 is 19.5 Å². The number of hydrogen-bond acceptors (Lipinski definition) is 3. The molecule has 0 aliphatic rings. The Hall–Kier alpha value is -2.37. The predicted molar refractivity (Wildman–Crippen MR) is 73.6 cm³/mol. The highest BCUT2D eigenvalue weighted by molar-refractivity contribution is 5.98. The molecule has 0 heterocycles. The third-order valence-electron chi connectivity index (χ3n) is 2.57. The second-order valence-electron chi connectivity index (χ2n) is 4.74. The number of benzene rings is 1. The highest BCUT2D eigenvalue weighted by Gasteiger charge is 2.17. The summed E-state index contributed by atoms with van der Waals surface area (Å²) in [4.78, 5) is 34.2. The number of carbonyl (C=O) groups excluding carboxylic acids is 2. The Morgan fingerprint density at radius 1 is 0.950 bits per heavy atom. The number of carboxylic acid groups (broad SMARTS) is 1. The molecule has 3 N–H and O–H groups in total. The molecule has 1 atom stereocenters. The number of aromatic carboxylic acids is 1. The van der Waals surface area contributed by atoms with Crippen LogP contribution < -0.4 is 10.6 Å². The minimum absolute atomic E-state index is 0.00305. The van der Waals surface area contributed by atoms with Gasteiger partial charge in [0.25, 0.3) is 5.91 Å². The third-order valence-corrected chi connectivity index (χ3v) is 2.57. The molecule has 1 aromatic rings. The van der Waals surface area contributed by atoms with Gasteiger partial charge in [-0.15, -0.1) is 0 Å². The Balaban J connectivity index is 2.66. The molecule has 0 bridgehead atoms. The van der Waals surface area contributed by atoms with E-state index in [0.29, 0.717) is 5.56 Å². The fraction of sp³-hybridized carbons (Fsp3) is 0.357. The Bertz CT molecular complexity index is 508. The van der Waals surface area contributed by atoms with Crippen LogP contribution in [0, 0.1) is 0 Å². The van der Waals surface area contributed by atoms with Gasteiger partial charge in [0.05, 0.1) is 5.56 Å². The summed E-state index contributed by atoms with van der Waals surface area (Å²) in [6, 6.07) is 4.84. The first-order valence-electron chi connectivity index (χ1n) is 6.26. The normalized spacial score (nSPS) is 11.8. The first kappa shape index (κ1) is 15.7. The smallest absolute Gasteiger partial charge is 0.335 e. The van der Waals surface area contributed by atoms with E-state index in [0.717, 1.165) is 0 Å². The molecule has 0 saturated heterocycles. The van der Waals surface area contributed by atoms with Crippen LogP contribution in [0.25, 0.3) is 0 Å². The lowest BCUT2D eigenvalue weighted by Gasteiger charge is -2.16. The molecule has 0 radical (unpaired) electrons. The maximum absolute atomic E-state index is 11.9. The van der Waals surface area contributed by atoms with E-state index in [2.05, 4.69) is 10.6 Å². The molecule has 0 aliphatic heterocycles. The average molecular weight is 278 g/mol. The first-order valence-corrected chi connectivity index (χ1v) is 6.26. The van der Waals surface area contributed by atoms with E-state index in [-0.39, 0.29) is 17.5 Å². The van der Waals surface area contributed by atoms with Crippen molar-refractivity contribution in [3.63, 3.8) is 0 Å². The van der Waals surface area contributed by atoms with E-state index in [1.807, 2.05) is 13.8 Å². The third kappa shape index (κ3) is 4.38. The van der Waals surface area contributed by atoms with Crippen molar-refractivity contribution in [3.05, 3.63) is 35.4 Å².